The van der Waals surface area contributed by atoms with Gasteiger partial charge in [-0.2, -0.15) is 0 Å². The molecule has 0 amide bonds. The lowest BCUT2D eigenvalue weighted by Crippen LogP contribution is -1.99. The third-order valence-electron chi connectivity index (χ3n) is 4.93. The fourth-order valence-electron chi connectivity index (χ4n) is 2.89. The molecule has 0 aliphatic rings. The van der Waals surface area contributed by atoms with E-state index in [2.05, 4.69) is 19.1 Å². The lowest BCUT2D eigenvalue weighted by molar-refractivity contribution is 0.414. The molecule has 0 aliphatic carbocycles. The number of methoxy groups -OCH3 is 1. The third kappa shape index (κ3) is 9.11. The minimum atomic E-state index is 0.572. The Morgan fingerprint density at radius 3 is 1.87 bits per heavy atom. The molecule has 3 rings (SSSR count). The molecule has 0 unspecified atom stereocenters. The first-order chi connectivity index (χ1) is 14.7. The molecule has 0 saturated carbocycles. The van der Waals surface area contributed by atoms with E-state index in [1.165, 1.54) is 27.8 Å². The molecular formula is C26H36ClN3O. The molecule has 0 heterocycles. The first-order valence-corrected chi connectivity index (χ1v) is 10.7. The second kappa shape index (κ2) is 13.8. The number of ether oxygens (including phenoxy) is 1. The Kier molecular flexibility index (Phi) is 11.9. The molecule has 0 spiro atoms. The van der Waals surface area contributed by atoms with E-state index in [0.717, 1.165) is 21.9 Å². The number of halogens is 1. The zero-order chi connectivity index (χ0) is 23.4. The molecule has 168 valence electrons. The normalized spacial score (nSPS) is 9.84. The monoisotopic (exact) mass is 441 g/mol. The van der Waals surface area contributed by atoms with Gasteiger partial charge in [-0.05, 0) is 79.3 Å². The van der Waals surface area contributed by atoms with Crippen LogP contribution in [0.3, 0.4) is 0 Å². The van der Waals surface area contributed by atoms with Crippen LogP contribution in [0.4, 0.5) is 0 Å². The van der Waals surface area contributed by atoms with Crippen molar-refractivity contribution < 1.29 is 4.74 Å². The van der Waals surface area contributed by atoms with Crippen LogP contribution in [0, 0.1) is 27.7 Å². The summed E-state index contributed by atoms with van der Waals surface area (Å²) in [6.07, 6.45) is 0. The van der Waals surface area contributed by atoms with Crippen molar-refractivity contribution in [3.8, 4) is 5.75 Å². The molecule has 3 aromatic rings. The smallest absolute Gasteiger partial charge is 0.119 e. The summed E-state index contributed by atoms with van der Waals surface area (Å²) in [7, 11) is 1.66. The first-order valence-electron chi connectivity index (χ1n) is 10.3. The predicted molar refractivity (Wildman–Crippen MR) is 134 cm³/mol. The van der Waals surface area contributed by atoms with Gasteiger partial charge in [0.25, 0.3) is 0 Å². The Labute approximate surface area is 192 Å². The highest BCUT2D eigenvalue weighted by atomic mass is 35.5. The highest BCUT2D eigenvalue weighted by Crippen LogP contribution is 2.19. The first kappa shape index (κ1) is 26.7. The van der Waals surface area contributed by atoms with Crippen LogP contribution in [0.2, 0.25) is 5.02 Å². The lowest BCUT2D eigenvalue weighted by Gasteiger charge is -2.05. The SMILES string of the molecule is COc1ccc(C)c(CN)c1.Cc1cc(CN)c(C)cc1Cl.Cc1cccc(CN)c1. The summed E-state index contributed by atoms with van der Waals surface area (Å²) in [6, 6.07) is 18.1. The van der Waals surface area contributed by atoms with E-state index in [1.807, 2.05) is 63.2 Å². The molecule has 0 saturated heterocycles. The van der Waals surface area contributed by atoms with Gasteiger partial charge in [0.15, 0.2) is 0 Å². The van der Waals surface area contributed by atoms with Crippen LogP contribution in [0.15, 0.2) is 54.6 Å². The summed E-state index contributed by atoms with van der Waals surface area (Å²) < 4.78 is 5.06. The van der Waals surface area contributed by atoms with Crippen molar-refractivity contribution in [1.29, 1.82) is 0 Å². The van der Waals surface area contributed by atoms with Crippen LogP contribution in [0.5, 0.6) is 5.75 Å². The molecule has 0 atom stereocenters. The standard InChI is InChI=1S/C9H12ClN.C9H13NO.C8H11N/c1-6-4-9(10)7(2)3-8(6)5-11;1-7-3-4-9(11-2)5-8(7)6-10;1-7-3-2-4-8(5-7)6-9/h3-4H,5,11H2,1-2H3;3-5H,6,10H2,1-2H3;2-5H,6,9H2,1H3. The summed E-state index contributed by atoms with van der Waals surface area (Å²) >= 11 is 5.90. The summed E-state index contributed by atoms with van der Waals surface area (Å²) in [6.45, 7) is 9.92. The Balaban J connectivity index is 0.000000234. The number of aryl methyl sites for hydroxylation is 4. The Morgan fingerprint density at radius 1 is 0.710 bits per heavy atom. The van der Waals surface area contributed by atoms with Crippen LogP contribution < -0.4 is 21.9 Å². The van der Waals surface area contributed by atoms with Gasteiger partial charge in [-0.15, -0.1) is 0 Å². The molecule has 5 heteroatoms. The lowest BCUT2D eigenvalue weighted by atomic mass is 10.1. The highest BCUT2D eigenvalue weighted by molar-refractivity contribution is 6.31. The maximum absolute atomic E-state index is 5.90. The van der Waals surface area contributed by atoms with Crippen molar-refractivity contribution in [2.24, 2.45) is 17.2 Å². The van der Waals surface area contributed by atoms with E-state index in [-0.39, 0.29) is 0 Å². The van der Waals surface area contributed by atoms with E-state index in [4.69, 9.17) is 33.5 Å². The predicted octanol–water partition coefficient (Wildman–Crippen LogP) is 5.33. The van der Waals surface area contributed by atoms with Crippen molar-refractivity contribution >= 4 is 11.6 Å². The average Bonchev–Trinajstić information content (AvgIpc) is 2.77. The van der Waals surface area contributed by atoms with Crippen molar-refractivity contribution in [1.82, 2.24) is 0 Å². The average molecular weight is 442 g/mol. The largest absolute Gasteiger partial charge is 0.497 e. The van der Waals surface area contributed by atoms with Gasteiger partial charge < -0.3 is 21.9 Å². The zero-order valence-corrected chi connectivity index (χ0v) is 20.1. The topological polar surface area (TPSA) is 87.3 Å². The molecule has 3 aromatic carbocycles. The van der Waals surface area contributed by atoms with Crippen molar-refractivity contribution in [3.05, 3.63) is 98.6 Å². The molecule has 6 N–H and O–H groups in total. The Morgan fingerprint density at radius 2 is 1.35 bits per heavy atom. The number of hydrogen-bond acceptors (Lipinski definition) is 4. The molecule has 0 radical (unpaired) electrons. The molecule has 0 aliphatic heterocycles. The second-order valence-electron chi connectivity index (χ2n) is 7.42. The molecule has 0 fully saturated rings. The molecule has 31 heavy (non-hydrogen) atoms. The fourth-order valence-corrected chi connectivity index (χ4v) is 3.11. The van der Waals surface area contributed by atoms with Gasteiger partial charge in [0.1, 0.15) is 5.75 Å². The maximum Gasteiger partial charge on any atom is 0.119 e. The van der Waals surface area contributed by atoms with E-state index in [0.29, 0.717) is 19.6 Å². The van der Waals surface area contributed by atoms with Crippen LogP contribution >= 0.6 is 11.6 Å². The number of benzene rings is 3. The third-order valence-corrected chi connectivity index (χ3v) is 5.34. The molecule has 0 aromatic heterocycles. The van der Waals surface area contributed by atoms with E-state index >= 15 is 0 Å². The minimum absolute atomic E-state index is 0.572. The van der Waals surface area contributed by atoms with Crippen LogP contribution in [0.25, 0.3) is 0 Å². The molecular weight excluding hydrogens is 406 g/mol. The van der Waals surface area contributed by atoms with Crippen molar-refractivity contribution in [3.63, 3.8) is 0 Å². The van der Waals surface area contributed by atoms with Gasteiger partial charge in [0.05, 0.1) is 7.11 Å². The molecule has 0 bridgehead atoms. The van der Waals surface area contributed by atoms with Crippen molar-refractivity contribution in [2.75, 3.05) is 7.11 Å². The van der Waals surface area contributed by atoms with E-state index in [9.17, 15) is 0 Å². The van der Waals surface area contributed by atoms with Crippen LogP contribution in [-0.2, 0) is 19.6 Å². The van der Waals surface area contributed by atoms with Crippen LogP contribution in [0.1, 0.15) is 38.9 Å². The molecule has 4 nitrogen and oxygen atoms in total. The van der Waals surface area contributed by atoms with Gasteiger partial charge in [-0.25, -0.2) is 0 Å². The van der Waals surface area contributed by atoms with E-state index in [1.54, 1.807) is 7.11 Å². The van der Waals surface area contributed by atoms with Gasteiger partial charge in [0, 0.05) is 24.7 Å². The Bertz CT molecular complexity index is 957. The number of hydrogen-bond donors (Lipinski definition) is 3. The van der Waals surface area contributed by atoms with Crippen LogP contribution in [-0.4, -0.2) is 7.11 Å². The number of nitrogens with two attached hydrogens (primary N) is 3. The summed E-state index contributed by atoms with van der Waals surface area (Å²) in [5.74, 6) is 0.871. The van der Waals surface area contributed by atoms with Gasteiger partial charge in [-0.3, -0.25) is 0 Å². The highest BCUT2D eigenvalue weighted by Gasteiger charge is 2.00. The maximum atomic E-state index is 5.90. The van der Waals surface area contributed by atoms with Gasteiger partial charge >= 0.3 is 0 Å². The summed E-state index contributed by atoms with van der Waals surface area (Å²) in [5, 5.41) is 0.819. The van der Waals surface area contributed by atoms with E-state index < -0.39 is 0 Å². The Hall–Kier alpha value is -2.37. The fraction of sp³-hybridized carbons (Fsp3) is 0.308. The summed E-state index contributed by atoms with van der Waals surface area (Å²) in [4.78, 5) is 0. The van der Waals surface area contributed by atoms with Crippen molar-refractivity contribution in [2.45, 2.75) is 47.3 Å². The second-order valence-corrected chi connectivity index (χ2v) is 7.83. The van der Waals surface area contributed by atoms with Gasteiger partial charge in [0.2, 0.25) is 0 Å². The minimum Gasteiger partial charge on any atom is -0.497 e. The quantitative estimate of drug-likeness (QED) is 0.510. The summed E-state index contributed by atoms with van der Waals surface area (Å²) in [5.41, 5.74) is 24.7. The zero-order valence-electron chi connectivity index (χ0n) is 19.3. The van der Waals surface area contributed by atoms with Gasteiger partial charge in [-0.1, -0.05) is 53.6 Å². The number of rotatable bonds is 4.